The Bertz CT molecular complexity index is 1020. The zero-order valence-electron chi connectivity index (χ0n) is 15.8. The first-order valence-corrected chi connectivity index (χ1v) is 8.81. The van der Waals surface area contributed by atoms with E-state index in [0.29, 0.717) is 5.56 Å². The van der Waals surface area contributed by atoms with Gasteiger partial charge in [0, 0.05) is 22.9 Å². The maximum atomic E-state index is 12.1. The van der Waals surface area contributed by atoms with Crippen molar-refractivity contribution in [2.45, 2.75) is 20.5 Å². The third-order valence-electron chi connectivity index (χ3n) is 4.35. The molecule has 3 rings (SSSR count). The molecule has 0 atom stereocenters. The summed E-state index contributed by atoms with van der Waals surface area (Å²) >= 11 is 0. The first-order chi connectivity index (χ1) is 13.5. The lowest BCUT2D eigenvalue weighted by Gasteiger charge is -2.04. The summed E-state index contributed by atoms with van der Waals surface area (Å²) in [6.45, 7) is 3.97. The summed E-state index contributed by atoms with van der Waals surface area (Å²) in [7, 11) is 0. The molecular formula is C22H21N3O3. The van der Waals surface area contributed by atoms with Crippen LogP contribution in [0.2, 0.25) is 0 Å². The lowest BCUT2D eigenvalue weighted by molar-refractivity contribution is -0.138. The molecule has 0 aliphatic heterocycles. The van der Waals surface area contributed by atoms with Crippen LogP contribution in [0.1, 0.15) is 32.9 Å². The van der Waals surface area contributed by atoms with Crippen LogP contribution >= 0.6 is 0 Å². The van der Waals surface area contributed by atoms with Crippen LogP contribution in [0.3, 0.4) is 0 Å². The van der Waals surface area contributed by atoms with E-state index in [4.69, 9.17) is 10.5 Å². The predicted octanol–water partition coefficient (Wildman–Crippen LogP) is 3.34. The van der Waals surface area contributed by atoms with Gasteiger partial charge in [-0.15, -0.1) is 0 Å². The number of benzene rings is 2. The first-order valence-electron chi connectivity index (χ1n) is 8.81. The van der Waals surface area contributed by atoms with Gasteiger partial charge in [0.1, 0.15) is 6.61 Å². The standard InChI is InChI=1S/C22H21N3O3/c1-15-20(16(2)25(24-15)19-6-4-3-5-7-19)12-13-21(26)28-14-17-8-10-18(11-9-17)22(23)27/h3-13H,14H2,1-2H3,(H2,23,27)/b13-12+. The highest BCUT2D eigenvalue weighted by Crippen LogP contribution is 2.19. The lowest BCUT2D eigenvalue weighted by atomic mass is 10.1. The summed E-state index contributed by atoms with van der Waals surface area (Å²) in [5, 5.41) is 4.55. The average molecular weight is 375 g/mol. The summed E-state index contributed by atoms with van der Waals surface area (Å²) < 4.78 is 7.10. The van der Waals surface area contributed by atoms with E-state index in [9.17, 15) is 9.59 Å². The molecule has 0 saturated heterocycles. The Labute approximate surface area is 163 Å². The number of aromatic nitrogens is 2. The number of nitrogens with two attached hydrogens (primary N) is 1. The molecule has 1 heterocycles. The maximum absolute atomic E-state index is 12.1. The smallest absolute Gasteiger partial charge is 0.331 e. The number of rotatable bonds is 6. The molecule has 2 N–H and O–H groups in total. The van der Waals surface area contributed by atoms with Crippen LogP contribution in [0, 0.1) is 13.8 Å². The van der Waals surface area contributed by atoms with Gasteiger partial charge in [0.05, 0.1) is 11.4 Å². The van der Waals surface area contributed by atoms with Gasteiger partial charge in [-0.3, -0.25) is 4.79 Å². The minimum absolute atomic E-state index is 0.115. The molecule has 2 aromatic carbocycles. The van der Waals surface area contributed by atoms with Gasteiger partial charge in [-0.05, 0) is 49.8 Å². The van der Waals surface area contributed by atoms with Crippen molar-refractivity contribution in [2.75, 3.05) is 0 Å². The van der Waals surface area contributed by atoms with E-state index in [1.54, 1.807) is 30.3 Å². The van der Waals surface area contributed by atoms with E-state index in [2.05, 4.69) is 5.10 Å². The highest BCUT2D eigenvalue weighted by molar-refractivity contribution is 5.92. The highest BCUT2D eigenvalue weighted by Gasteiger charge is 2.11. The number of aryl methyl sites for hydroxylation is 1. The fourth-order valence-electron chi connectivity index (χ4n) is 2.84. The van der Waals surface area contributed by atoms with Gasteiger partial charge in [-0.2, -0.15) is 5.10 Å². The van der Waals surface area contributed by atoms with E-state index in [1.807, 2.05) is 48.9 Å². The Balaban J connectivity index is 1.66. The second-order valence-electron chi connectivity index (χ2n) is 6.33. The Kier molecular flexibility index (Phi) is 5.69. The lowest BCUT2D eigenvalue weighted by Crippen LogP contribution is -2.10. The molecular weight excluding hydrogens is 354 g/mol. The summed E-state index contributed by atoms with van der Waals surface area (Å²) in [5.41, 5.74) is 10.0. The van der Waals surface area contributed by atoms with Gasteiger partial charge in [0.2, 0.25) is 5.91 Å². The number of hydrogen-bond donors (Lipinski definition) is 1. The van der Waals surface area contributed by atoms with Crippen LogP contribution in [-0.2, 0) is 16.1 Å². The fourth-order valence-corrected chi connectivity index (χ4v) is 2.84. The van der Waals surface area contributed by atoms with E-state index in [1.165, 1.54) is 6.08 Å². The zero-order valence-corrected chi connectivity index (χ0v) is 15.8. The van der Waals surface area contributed by atoms with Crippen molar-refractivity contribution in [1.29, 1.82) is 0 Å². The molecule has 142 valence electrons. The normalized spacial score (nSPS) is 10.9. The van der Waals surface area contributed by atoms with Crippen molar-refractivity contribution in [3.63, 3.8) is 0 Å². The molecule has 0 radical (unpaired) electrons. The van der Waals surface area contributed by atoms with Crippen LogP contribution in [-0.4, -0.2) is 21.7 Å². The van der Waals surface area contributed by atoms with Crippen LogP contribution in [0.5, 0.6) is 0 Å². The first kappa shape index (κ1) is 19.1. The zero-order chi connectivity index (χ0) is 20.1. The number of ether oxygens (including phenoxy) is 1. The van der Waals surface area contributed by atoms with Gasteiger partial charge < -0.3 is 10.5 Å². The number of hydrogen-bond acceptors (Lipinski definition) is 4. The Morgan fingerprint density at radius 3 is 2.39 bits per heavy atom. The monoisotopic (exact) mass is 375 g/mol. The molecule has 0 aliphatic rings. The van der Waals surface area contributed by atoms with Crippen molar-refractivity contribution in [3.8, 4) is 5.69 Å². The second-order valence-corrected chi connectivity index (χ2v) is 6.33. The molecule has 28 heavy (non-hydrogen) atoms. The van der Waals surface area contributed by atoms with Crippen LogP contribution in [0.15, 0.2) is 60.7 Å². The molecule has 3 aromatic rings. The maximum Gasteiger partial charge on any atom is 0.331 e. The summed E-state index contributed by atoms with van der Waals surface area (Å²) in [6.07, 6.45) is 3.11. The van der Waals surface area contributed by atoms with E-state index in [-0.39, 0.29) is 6.61 Å². The highest BCUT2D eigenvalue weighted by atomic mass is 16.5. The Hall–Kier alpha value is -3.67. The number of carbonyl (C=O) groups excluding carboxylic acids is 2. The second kappa shape index (κ2) is 8.35. The van der Waals surface area contributed by atoms with Crippen molar-refractivity contribution in [2.24, 2.45) is 5.73 Å². The van der Waals surface area contributed by atoms with Gasteiger partial charge in [0.15, 0.2) is 0 Å². The topological polar surface area (TPSA) is 87.2 Å². The van der Waals surface area contributed by atoms with Crippen LogP contribution < -0.4 is 5.73 Å². The van der Waals surface area contributed by atoms with Crippen LogP contribution in [0.25, 0.3) is 11.8 Å². The Morgan fingerprint density at radius 2 is 1.75 bits per heavy atom. The minimum Gasteiger partial charge on any atom is -0.458 e. The number of para-hydroxylation sites is 1. The molecule has 1 amide bonds. The molecule has 1 aromatic heterocycles. The Morgan fingerprint density at radius 1 is 1.07 bits per heavy atom. The van der Waals surface area contributed by atoms with Gasteiger partial charge >= 0.3 is 5.97 Å². The summed E-state index contributed by atoms with van der Waals surface area (Å²) in [4.78, 5) is 23.1. The van der Waals surface area contributed by atoms with Crippen molar-refractivity contribution in [1.82, 2.24) is 9.78 Å². The number of nitrogens with zero attached hydrogens (tertiary/aromatic N) is 2. The fraction of sp³-hybridized carbons (Fsp3) is 0.136. The average Bonchev–Trinajstić information content (AvgIpc) is 2.99. The number of primary amides is 1. The summed E-state index contributed by atoms with van der Waals surface area (Å²) in [5.74, 6) is -0.946. The van der Waals surface area contributed by atoms with E-state index < -0.39 is 11.9 Å². The molecule has 0 aliphatic carbocycles. The van der Waals surface area contributed by atoms with Crippen LogP contribution in [0.4, 0.5) is 0 Å². The van der Waals surface area contributed by atoms with E-state index in [0.717, 1.165) is 28.2 Å². The molecule has 6 heteroatoms. The van der Waals surface area contributed by atoms with Crippen molar-refractivity contribution in [3.05, 3.63) is 88.8 Å². The third-order valence-corrected chi connectivity index (χ3v) is 4.35. The number of amides is 1. The molecule has 0 fully saturated rings. The van der Waals surface area contributed by atoms with Gasteiger partial charge in [-0.1, -0.05) is 30.3 Å². The van der Waals surface area contributed by atoms with Gasteiger partial charge in [0.25, 0.3) is 0 Å². The van der Waals surface area contributed by atoms with E-state index >= 15 is 0 Å². The largest absolute Gasteiger partial charge is 0.458 e. The van der Waals surface area contributed by atoms with Gasteiger partial charge in [-0.25, -0.2) is 9.48 Å². The third kappa shape index (κ3) is 4.35. The molecule has 0 bridgehead atoms. The SMILES string of the molecule is Cc1nn(-c2ccccc2)c(C)c1/C=C/C(=O)OCc1ccc(C(N)=O)cc1. The van der Waals surface area contributed by atoms with Crippen molar-refractivity contribution >= 4 is 18.0 Å². The molecule has 6 nitrogen and oxygen atoms in total. The number of esters is 1. The predicted molar refractivity (Wildman–Crippen MR) is 107 cm³/mol. The molecule has 0 unspecified atom stereocenters. The number of carbonyl (C=O) groups is 2. The van der Waals surface area contributed by atoms with Crippen molar-refractivity contribution < 1.29 is 14.3 Å². The molecule has 0 spiro atoms. The quantitative estimate of drug-likeness (QED) is 0.529. The minimum atomic E-state index is -0.492. The molecule has 0 saturated carbocycles. The summed E-state index contributed by atoms with van der Waals surface area (Å²) in [6, 6.07) is 16.4.